The van der Waals surface area contributed by atoms with E-state index in [0.717, 1.165) is 19.3 Å². The summed E-state index contributed by atoms with van der Waals surface area (Å²) in [5.74, 6) is 0.215. The monoisotopic (exact) mass is 421 g/mol. The van der Waals surface area contributed by atoms with Crippen molar-refractivity contribution in [2.24, 2.45) is 0 Å². The van der Waals surface area contributed by atoms with E-state index >= 15 is 0 Å². The maximum atomic E-state index is 13.4. The van der Waals surface area contributed by atoms with Crippen molar-refractivity contribution in [1.29, 1.82) is 0 Å². The molecule has 31 heavy (non-hydrogen) atoms. The highest BCUT2D eigenvalue weighted by Crippen LogP contribution is 2.27. The second kappa shape index (κ2) is 7.82. The van der Waals surface area contributed by atoms with Gasteiger partial charge in [-0.1, -0.05) is 17.3 Å². The topological polar surface area (TPSA) is 106 Å². The van der Waals surface area contributed by atoms with E-state index in [-0.39, 0.29) is 23.8 Å². The van der Waals surface area contributed by atoms with Crippen LogP contribution in [0.1, 0.15) is 35.4 Å². The summed E-state index contributed by atoms with van der Waals surface area (Å²) in [4.78, 5) is 21.7. The first-order valence-corrected chi connectivity index (χ1v) is 10.1. The van der Waals surface area contributed by atoms with E-state index in [0.29, 0.717) is 40.0 Å². The summed E-state index contributed by atoms with van der Waals surface area (Å²) in [5.41, 5.74) is 2.01. The fourth-order valence-corrected chi connectivity index (χ4v) is 3.94. The van der Waals surface area contributed by atoms with E-state index in [1.54, 1.807) is 31.2 Å². The second-order valence-corrected chi connectivity index (χ2v) is 7.59. The van der Waals surface area contributed by atoms with Gasteiger partial charge in [0.05, 0.1) is 17.2 Å². The van der Waals surface area contributed by atoms with Crippen LogP contribution in [0.25, 0.3) is 22.6 Å². The second-order valence-electron chi connectivity index (χ2n) is 7.59. The van der Waals surface area contributed by atoms with Crippen LogP contribution in [0.4, 0.5) is 10.4 Å². The minimum absolute atomic E-state index is 0.0559. The molecule has 2 aromatic carbocycles. The van der Waals surface area contributed by atoms with Crippen molar-refractivity contribution in [2.45, 2.75) is 38.3 Å². The molecule has 1 fully saturated rings. The van der Waals surface area contributed by atoms with E-state index in [9.17, 15) is 9.18 Å². The van der Waals surface area contributed by atoms with Crippen LogP contribution in [0.15, 0.2) is 51.4 Å². The Labute approximate surface area is 176 Å². The summed E-state index contributed by atoms with van der Waals surface area (Å²) in [5, 5.41) is 10.2. The lowest BCUT2D eigenvalue weighted by Crippen LogP contribution is -2.43. The Balaban J connectivity index is 1.33. The Morgan fingerprint density at radius 2 is 1.97 bits per heavy atom. The van der Waals surface area contributed by atoms with Crippen LogP contribution in [0.2, 0.25) is 0 Å². The molecule has 2 N–H and O–H groups in total. The minimum atomic E-state index is -0.378. The van der Waals surface area contributed by atoms with Gasteiger partial charge in [0.1, 0.15) is 11.3 Å². The number of anilines is 1. The molecule has 2 aromatic heterocycles. The molecule has 8 nitrogen and oxygen atoms in total. The van der Waals surface area contributed by atoms with E-state index in [1.165, 1.54) is 12.1 Å². The number of benzene rings is 2. The van der Waals surface area contributed by atoms with Crippen LogP contribution in [-0.2, 0) is 0 Å². The molecule has 2 atom stereocenters. The molecule has 0 spiro atoms. The number of nitrogens with zero attached hydrogens (tertiary/aromatic N) is 3. The van der Waals surface area contributed by atoms with Gasteiger partial charge in [0.2, 0.25) is 0 Å². The molecule has 0 saturated heterocycles. The number of carbonyl (C=O) groups excluding carboxylic acids is 1. The highest BCUT2D eigenvalue weighted by molar-refractivity contribution is 6.00. The van der Waals surface area contributed by atoms with Crippen LogP contribution in [0, 0.1) is 12.7 Å². The summed E-state index contributed by atoms with van der Waals surface area (Å²) >= 11 is 0. The van der Waals surface area contributed by atoms with Gasteiger partial charge in [-0.3, -0.25) is 4.79 Å². The largest absolute Gasteiger partial charge is 0.423 e. The number of rotatable bonds is 5. The normalized spacial score (nSPS) is 18.4. The van der Waals surface area contributed by atoms with Crippen molar-refractivity contribution in [3.8, 4) is 11.5 Å². The summed E-state index contributed by atoms with van der Waals surface area (Å²) < 4.78 is 24.3. The van der Waals surface area contributed by atoms with Crippen molar-refractivity contribution in [3.63, 3.8) is 0 Å². The van der Waals surface area contributed by atoms with Crippen LogP contribution < -0.4 is 10.6 Å². The number of halogens is 1. The van der Waals surface area contributed by atoms with Crippen LogP contribution in [-0.4, -0.2) is 33.1 Å². The lowest BCUT2D eigenvalue weighted by Gasteiger charge is -2.21. The standard InChI is InChI=1S/C22H20FN5O3/c1-12-24-21(31-28-12)15-6-3-2-5-14(15)20(29)25-16-7-4-8-17(16)26-22-27-18-10-9-13(23)11-19(18)30-22/h2-3,5-6,9-11,16-17H,4,7-8H2,1H3,(H,25,29)(H,26,27)/t16?,17-/m0/s1. The molecule has 0 bridgehead atoms. The molecule has 2 heterocycles. The number of nitrogens with one attached hydrogen (secondary N) is 2. The smallest absolute Gasteiger partial charge is 0.295 e. The van der Waals surface area contributed by atoms with Crippen LogP contribution >= 0.6 is 0 Å². The Morgan fingerprint density at radius 1 is 1.13 bits per heavy atom. The van der Waals surface area contributed by atoms with Gasteiger partial charge in [-0.25, -0.2) is 4.39 Å². The molecule has 1 aliphatic carbocycles. The number of oxazole rings is 1. The Morgan fingerprint density at radius 3 is 2.81 bits per heavy atom. The zero-order valence-electron chi connectivity index (χ0n) is 16.8. The summed E-state index contributed by atoms with van der Waals surface area (Å²) in [6, 6.07) is 11.5. The predicted octanol–water partition coefficient (Wildman–Crippen LogP) is 4.09. The van der Waals surface area contributed by atoms with Crippen molar-refractivity contribution in [3.05, 3.63) is 59.7 Å². The Kier molecular flexibility index (Phi) is 4.85. The number of aryl methyl sites for hydroxylation is 1. The first-order valence-electron chi connectivity index (χ1n) is 10.1. The molecule has 5 rings (SSSR count). The van der Waals surface area contributed by atoms with E-state index in [2.05, 4.69) is 25.8 Å². The van der Waals surface area contributed by atoms with E-state index in [1.807, 2.05) is 6.07 Å². The van der Waals surface area contributed by atoms with E-state index in [4.69, 9.17) is 8.94 Å². The molecule has 158 valence electrons. The fourth-order valence-electron chi connectivity index (χ4n) is 3.94. The lowest BCUT2D eigenvalue weighted by molar-refractivity contribution is 0.0936. The number of hydrogen-bond acceptors (Lipinski definition) is 7. The average molecular weight is 421 g/mol. The van der Waals surface area contributed by atoms with Crippen molar-refractivity contribution >= 4 is 23.0 Å². The third-order valence-electron chi connectivity index (χ3n) is 5.42. The molecule has 0 aliphatic heterocycles. The maximum absolute atomic E-state index is 13.4. The van der Waals surface area contributed by atoms with Gasteiger partial charge in [-0.05, 0) is 50.5 Å². The summed E-state index contributed by atoms with van der Waals surface area (Å²) in [6.07, 6.45) is 2.62. The highest BCUT2D eigenvalue weighted by atomic mass is 19.1. The van der Waals surface area contributed by atoms with Gasteiger partial charge >= 0.3 is 0 Å². The number of carbonyl (C=O) groups is 1. The zero-order chi connectivity index (χ0) is 21.4. The molecule has 1 unspecified atom stereocenters. The first kappa shape index (κ1) is 19.2. The fraction of sp³-hybridized carbons (Fsp3) is 0.273. The lowest BCUT2D eigenvalue weighted by atomic mass is 10.1. The molecule has 0 radical (unpaired) electrons. The minimum Gasteiger partial charge on any atom is -0.423 e. The Hall–Kier alpha value is -3.75. The molecule has 9 heteroatoms. The van der Waals surface area contributed by atoms with Crippen molar-refractivity contribution < 1.29 is 18.1 Å². The van der Waals surface area contributed by atoms with Crippen LogP contribution in [0.3, 0.4) is 0 Å². The molecule has 1 saturated carbocycles. The first-order chi connectivity index (χ1) is 15.1. The Bertz CT molecular complexity index is 1250. The predicted molar refractivity (Wildman–Crippen MR) is 111 cm³/mol. The molecular weight excluding hydrogens is 401 g/mol. The maximum Gasteiger partial charge on any atom is 0.295 e. The summed E-state index contributed by atoms with van der Waals surface area (Å²) in [7, 11) is 0. The van der Waals surface area contributed by atoms with Gasteiger partial charge in [0, 0.05) is 12.1 Å². The summed E-state index contributed by atoms with van der Waals surface area (Å²) in [6.45, 7) is 1.73. The average Bonchev–Trinajstić information content (AvgIpc) is 3.48. The van der Waals surface area contributed by atoms with Gasteiger partial charge in [-0.2, -0.15) is 9.97 Å². The van der Waals surface area contributed by atoms with Crippen LogP contribution in [0.5, 0.6) is 0 Å². The van der Waals surface area contributed by atoms with Crippen molar-refractivity contribution in [2.75, 3.05) is 5.32 Å². The van der Waals surface area contributed by atoms with Gasteiger partial charge in [0.25, 0.3) is 17.8 Å². The SMILES string of the molecule is Cc1noc(-c2ccccc2C(=O)NC2CCC[C@@H]2Nc2nc3ccc(F)cc3o2)n1. The molecule has 1 amide bonds. The number of fused-ring (bicyclic) bond motifs is 1. The van der Waals surface area contributed by atoms with Gasteiger partial charge < -0.3 is 19.6 Å². The van der Waals surface area contributed by atoms with Crippen molar-refractivity contribution in [1.82, 2.24) is 20.4 Å². The molecular formula is C22H20FN5O3. The number of aromatic nitrogens is 3. The zero-order valence-corrected chi connectivity index (χ0v) is 16.8. The molecule has 4 aromatic rings. The third kappa shape index (κ3) is 3.86. The van der Waals surface area contributed by atoms with E-state index < -0.39 is 0 Å². The van der Waals surface area contributed by atoms with Gasteiger partial charge in [0.15, 0.2) is 11.4 Å². The molecule has 1 aliphatic rings. The van der Waals surface area contributed by atoms with Gasteiger partial charge in [-0.15, -0.1) is 0 Å². The quantitative estimate of drug-likeness (QED) is 0.500. The number of hydrogen-bond donors (Lipinski definition) is 2. The third-order valence-corrected chi connectivity index (χ3v) is 5.42. The highest BCUT2D eigenvalue weighted by Gasteiger charge is 2.31. The number of amides is 1.